The van der Waals surface area contributed by atoms with Gasteiger partial charge in [0.25, 0.3) is 0 Å². The fourth-order valence-electron chi connectivity index (χ4n) is 3.85. The van der Waals surface area contributed by atoms with Crippen molar-refractivity contribution in [2.24, 2.45) is 16.9 Å². The Morgan fingerprint density at radius 3 is 3.04 bits per heavy atom. The molecule has 0 aromatic heterocycles. The van der Waals surface area contributed by atoms with Crippen molar-refractivity contribution < 1.29 is 14.9 Å². The summed E-state index contributed by atoms with van der Waals surface area (Å²) in [5, 5.41) is 15.8. The Morgan fingerprint density at radius 1 is 1.38 bits per heavy atom. The second-order valence-electron chi connectivity index (χ2n) is 6.75. The minimum atomic E-state index is -0.244. The molecule has 4 rings (SSSR count). The van der Waals surface area contributed by atoms with Crippen LogP contribution in [0, 0.1) is 11.8 Å². The number of benzene rings is 1. The van der Waals surface area contributed by atoms with Crippen LogP contribution in [0.25, 0.3) is 0 Å². The average molecular weight is 374 g/mol. The van der Waals surface area contributed by atoms with E-state index >= 15 is 0 Å². The summed E-state index contributed by atoms with van der Waals surface area (Å²) in [6.07, 6.45) is 5.93. The van der Waals surface area contributed by atoms with E-state index in [0.29, 0.717) is 23.7 Å². The average Bonchev–Trinajstić information content (AvgIpc) is 3.02. The van der Waals surface area contributed by atoms with Gasteiger partial charge in [-0.15, -0.1) is 0 Å². The van der Waals surface area contributed by atoms with Crippen molar-refractivity contribution in [3.8, 4) is 0 Å². The van der Waals surface area contributed by atoms with Crippen molar-refractivity contribution in [2.45, 2.75) is 0 Å². The second-order valence-corrected chi connectivity index (χ2v) is 7.16. The third kappa shape index (κ3) is 2.79. The van der Waals surface area contributed by atoms with Crippen LogP contribution >= 0.6 is 11.6 Å². The Bertz CT molecular complexity index is 833. The van der Waals surface area contributed by atoms with E-state index in [-0.39, 0.29) is 24.2 Å². The summed E-state index contributed by atoms with van der Waals surface area (Å²) in [5.41, 5.74) is 3.40. The molecule has 7 heteroatoms. The molecule has 0 radical (unpaired) electrons. The summed E-state index contributed by atoms with van der Waals surface area (Å²) < 4.78 is 0. The van der Waals surface area contributed by atoms with E-state index in [9.17, 15) is 4.79 Å². The van der Waals surface area contributed by atoms with Crippen LogP contribution in [0.1, 0.15) is 15.9 Å². The third-order valence-corrected chi connectivity index (χ3v) is 5.50. The fraction of sp³-hybridized carbons (Fsp3) is 0.368. The summed E-state index contributed by atoms with van der Waals surface area (Å²) in [7, 11) is 1.96. The standard InChI is InChI=1S/C19H20ClN3O3/c1-22(10-11-26-25)8-9-23-15-7-3-5-13-17(15)18(21-23)12-4-2-6-14(20)16(12)19(13)24/h2-7,13,17,25H,8-11H2,1H3. The number of carbonyl (C=O) groups is 1. The number of Topliss-reactive ketones (excluding diaryl/α,β-unsaturated/α-hetero) is 1. The molecule has 0 saturated carbocycles. The zero-order valence-corrected chi connectivity index (χ0v) is 15.2. The highest BCUT2D eigenvalue weighted by molar-refractivity contribution is 6.36. The van der Waals surface area contributed by atoms with Gasteiger partial charge in [0.1, 0.15) is 0 Å². The highest BCUT2D eigenvalue weighted by Crippen LogP contribution is 2.44. The van der Waals surface area contributed by atoms with Gasteiger partial charge in [0.15, 0.2) is 5.78 Å². The monoisotopic (exact) mass is 373 g/mol. The summed E-state index contributed by atoms with van der Waals surface area (Å²) in [6.45, 7) is 2.34. The quantitative estimate of drug-likeness (QED) is 0.613. The molecule has 2 unspecified atom stereocenters. The summed E-state index contributed by atoms with van der Waals surface area (Å²) in [5.74, 6) is -0.216. The minimum absolute atomic E-state index is 0.0375. The van der Waals surface area contributed by atoms with Gasteiger partial charge < -0.3 is 4.90 Å². The molecule has 26 heavy (non-hydrogen) atoms. The number of hydrazone groups is 1. The Morgan fingerprint density at radius 2 is 2.23 bits per heavy atom. The molecule has 1 heterocycles. The Kier molecular flexibility index (Phi) is 4.67. The van der Waals surface area contributed by atoms with Gasteiger partial charge in [-0.2, -0.15) is 5.10 Å². The lowest BCUT2D eigenvalue weighted by Crippen LogP contribution is -2.37. The van der Waals surface area contributed by atoms with Crippen molar-refractivity contribution in [2.75, 3.05) is 33.3 Å². The molecule has 136 valence electrons. The van der Waals surface area contributed by atoms with Gasteiger partial charge in [0, 0.05) is 29.9 Å². The van der Waals surface area contributed by atoms with Gasteiger partial charge in [-0.05, 0) is 19.2 Å². The van der Waals surface area contributed by atoms with Crippen molar-refractivity contribution in [1.29, 1.82) is 0 Å². The van der Waals surface area contributed by atoms with Crippen LogP contribution in [0.3, 0.4) is 0 Å². The van der Waals surface area contributed by atoms with Crippen LogP contribution in [0.2, 0.25) is 5.02 Å². The van der Waals surface area contributed by atoms with Crippen LogP contribution in [-0.2, 0) is 4.89 Å². The summed E-state index contributed by atoms with van der Waals surface area (Å²) >= 11 is 6.32. The molecule has 0 saturated heterocycles. The van der Waals surface area contributed by atoms with E-state index in [4.69, 9.17) is 22.0 Å². The zero-order chi connectivity index (χ0) is 18.3. The van der Waals surface area contributed by atoms with Crippen LogP contribution in [0.4, 0.5) is 0 Å². The lowest BCUT2D eigenvalue weighted by Gasteiger charge is -2.31. The normalized spacial score (nSPS) is 23.1. The fourth-order valence-corrected chi connectivity index (χ4v) is 4.11. The minimum Gasteiger partial charge on any atom is -0.302 e. The molecule has 0 amide bonds. The number of halogens is 1. The molecule has 0 fully saturated rings. The maximum atomic E-state index is 13.0. The van der Waals surface area contributed by atoms with Crippen LogP contribution in [-0.4, -0.2) is 59.9 Å². The van der Waals surface area contributed by atoms with Gasteiger partial charge in [-0.1, -0.05) is 35.9 Å². The van der Waals surface area contributed by atoms with Crippen molar-refractivity contribution >= 4 is 23.1 Å². The summed E-state index contributed by atoms with van der Waals surface area (Å²) in [4.78, 5) is 19.2. The second kappa shape index (κ2) is 6.96. The van der Waals surface area contributed by atoms with Crippen LogP contribution in [0.15, 0.2) is 47.2 Å². The third-order valence-electron chi connectivity index (χ3n) is 5.18. The van der Waals surface area contributed by atoms with Crippen molar-refractivity contribution in [3.63, 3.8) is 0 Å². The van der Waals surface area contributed by atoms with E-state index in [0.717, 1.165) is 23.5 Å². The Labute approximate surface area is 156 Å². The van der Waals surface area contributed by atoms with E-state index in [1.807, 2.05) is 42.4 Å². The maximum Gasteiger partial charge on any atom is 0.172 e. The molecular formula is C19H20ClN3O3. The maximum absolute atomic E-state index is 13.0. The number of nitrogens with zero attached hydrogens (tertiary/aromatic N) is 3. The Balaban J connectivity index is 1.64. The highest BCUT2D eigenvalue weighted by Gasteiger charge is 2.47. The predicted octanol–water partition coefficient (Wildman–Crippen LogP) is 2.66. The molecule has 2 atom stereocenters. The SMILES string of the molecule is CN(CCOO)CCN1N=C2c3cccc(Cl)c3C(=O)C3C=CC=C1C23. The zero-order valence-electron chi connectivity index (χ0n) is 14.4. The number of hydrogen-bond donors (Lipinski definition) is 1. The molecule has 0 spiro atoms. The van der Waals surface area contributed by atoms with E-state index < -0.39 is 0 Å². The van der Waals surface area contributed by atoms with Crippen LogP contribution in [0.5, 0.6) is 0 Å². The van der Waals surface area contributed by atoms with E-state index in [2.05, 4.69) is 9.79 Å². The van der Waals surface area contributed by atoms with Crippen molar-refractivity contribution in [3.05, 3.63) is 58.3 Å². The molecule has 1 aromatic rings. The largest absolute Gasteiger partial charge is 0.302 e. The van der Waals surface area contributed by atoms with Gasteiger partial charge in [0.05, 0.1) is 35.7 Å². The predicted molar refractivity (Wildman–Crippen MR) is 99.3 cm³/mol. The summed E-state index contributed by atoms with van der Waals surface area (Å²) in [6, 6.07) is 5.55. The number of rotatable bonds is 6. The van der Waals surface area contributed by atoms with E-state index in [1.165, 1.54) is 0 Å². The number of likely N-dealkylation sites (N-methyl/N-ethyl adjacent to an activating group) is 1. The van der Waals surface area contributed by atoms with E-state index in [1.54, 1.807) is 6.07 Å². The number of allylic oxidation sites excluding steroid dienone is 4. The number of hydrogen-bond acceptors (Lipinski definition) is 6. The molecule has 1 N–H and O–H groups in total. The lowest BCUT2D eigenvalue weighted by molar-refractivity contribution is -0.243. The molecule has 6 nitrogen and oxygen atoms in total. The first-order valence-corrected chi connectivity index (χ1v) is 9.02. The molecular weight excluding hydrogens is 354 g/mol. The number of carbonyl (C=O) groups excluding carboxylic acids is 1. The van der Waals surface area contributed by atoms with Gasteiger partial charge in [-0.3, -0.25) is 15.1 Å². The smallest absolute Gasteiger partial charge is 0.172 e. The number of ketones is 1. The lowest BCUT2D eigenvalue weighted by atomic mass is 9.71. The first-order chi connectivity index (χ1) is 12.6. The van der Waals surface area contributed by atoms with Gasteiger partial charge >= 0.3 is 0 Å². The highest BCUT2D eigenvalue weighted by atomic mass is 35.5. The van der Waals surface area contributed by atoms with Gasteiger partial charge in [0.2, 0.25) is 0 Å². The van der Waals surface area contributed by atoms with Crippen LogP contribution < -0.4 is 0 Å². The molecule has 0 bridgehead atoms. The Hall–Kier alpha value is -1.99. The molecule has 1 aliphatic heterocycles. The number of fused-ring (bicyclic) bond motifs is 2. The first kappa shape index (κ1) is 17.4. The first-order valence-electron chi connectivity index (χ1n) is 8.64. The van der Waals surface area contributed by atoms with Gasteiger partial charge in [-0.25, -0.2) is 4.89 Å². The molecule has 3 aliphatic rings. The topological polar surface area (TPSA) is 65.4 Å². The van der Waals surface area contributed by atoms with Crippen molar-refractivity contribution in [1.82, 2.24) is 9.91 Å². The molecule has 2 aliphatic carbocycles. The molecule has 1 aromatic carbocycles.